The van der Waals surface area contributed by atoms with Gasteiger partial charge in [0.2, 0.25) is 11.7 Å². The zero-order valence-corrected chi connectivity index (χ0v) is 24.3. The Balaban J connectivity index is 1.59. The van der Waals surface area contributed by atoms with E-state index in [2.05, 4.69) is 10.3 Å². The molecular formula is C28H33F6N5O5. The highest BCUT2D eigenvalue weighted by Gasteiger charge is 2.43. The van der Waals surface area contributed by atoms with Crippen molar-refractivity contribution in [3.63, 3.8) is 0 Å². The molecule has 1 saturated heterocycles. The molecule has 2 aromatic rings. The quantitative estimate of drug-likeness (QED) is 0.354. The number of carbonyl (C=O) groups excluding carboxylic acids is 3. The highest BCUT2D eigenvalue weighted by Crippen LogP contribution is 2.34. The van der Waals surface area contributed by atoms with Gasteiger partial charge in [-0.3, -0.25) is 9.59 Å². The Labute approximate surface area is 249 Å². The summed E-state index contributed by atoms with van der Waals surface area (Å²) in [5.41, 5.74) is -1.90. The van der Waals surface area contributed by atoms with E-state index in [1.807, 2.05) is 0 Å². The third-order valence-electron chi connectivity index (χ3n) is 7.36. The van der Waals surface area contributed by atoms with E-state index < -0.39 is 90.1 Å². The van der Waals surface area contributed by atoms with Crippen LogP contribution >= 0.6 is 0 Å². The second-order valence-electron chi connectivity index (χ2n) is 11.8. The molecule has 1 aromatic heterocycles. The van der Waals surface area contributed by atoms with Crippen molar-refractivity contribution < 1.29 is 50.6 Å². The maximum absolute atomic E-state index is 14.5. The van der Waals surface area contributed by atoms with Gasteiger partial charge in [-0.25, -0.2) is 22.9 Å². The first-order chi connectivity index (χ1) is 20.5. The number of hydrogen-bond acceptors (Lipinski definition) is 6. The highest BCUT2D eigenvalue weighted by molar-refractivity contribution is 5.94. The number of rotatable bonds is 7. The Hall–Kier alpha value is -3.82. The number of nitrogens with zero attached hydrogens (tertiary/aromatic N) is 4. The predicted molar refractivity (Wildman–Crippen MR) is 142 cm³/mol. The summed E-state index contributed by atoms with van der Waals surface area (Å²) in [5.74, 6) is -6.64. The fourth-order valence-corrected chi connectivity index (χ4v) is 5.37. The second kappa shape index (κ2) is 12.7. The van der Waals surface area contributed by atoms with Gasteiger partial charge in [-0.15, -0.1) is 0 Å². The number of nitrogens with one attached hydrogen (secondary N) is 1. The number of likely N-dealkylation sites (tertiary alicyclic amines) is 1. The van der Waals surface area contributed by atoms with Gasteiger partial charge in [-0.05, 0) is 51.7 Å². The molecule has 2 aliphatic heterocycles. The summed E-state index contributed by atoms with van der Waals surface area (Å²) < 4.78 is 89.5. The van der Waals surface area contributed by atoms with Crippen LogP contribution in [0.5, 0.6) is 0 Å². The molecule has 1 aromatic carbocycles. The van der Waals surface area contributed by atoms with Crippen LogP contribution < -0.4 is 5.32 Å². The number of benzene rings is 1. The van der Waals surface area contributed by atoms with E-state index in [0.717, 1.165) is 4.57 Å². The van der Waals surface area contributed by atoms with E-state index in [9.17, 15) is 45.8 Å². The van der Waals surface area contributed by atoms with Gasteiger partial charge in [0.1, 0.15) is 11.4 Å². The zero-order valence-electron chi connectivity index (χ0n) is 24.3. The number of halogens is 6. The summed E-state index contributed by atoms with van der Waals surface area (Å²) in [6.07, 6.45) is -5.80. The Morgan fingerprint density at radius 3 is 2.39 bits per heavy atom. The lowest BCUT2D eigenvalue weighted by Gasteiger charge is -2.31. The first-order valence-electron chi connectivity index (χ1n) is 14.0. The van der Waals surface area contributed by atoms with Crippen molar-refractivity contribution in [3.05, 3.63) is 52.4 Å². The number of alkyl carbamates (subject to hydrolysis) is 1. The van der Waals surface area contributed by atoms with Crippen molar-refractivity contribution in [3.8, 4) is 0 Å². The predicted octanol–water partition coefficient (Wildman–Crippen LogP) is 3.78. The summed E-state index contributed by atoms with van der Waals surface area (Å²) in [5, 5.41) is 12.1. The number of aliphatic hydroxyl groups excluding tert-OH is 1. The number of imidazole rings is 1. The maximum Gasteiger partial charge on any atom is 0.449 e. The third kappa shape index (κ3) is 7.45. The van der Waals surface area contributed by atoms with Gasteiger partial charge in [0.25, 0.3) is 5.91 Å². The molecular weight excluding hydrogens is 600 g/mol. The van der Waals surface area contributed by atoms with E-state index in [4.69, 9.17) is 4.74 Å². The number of amides is 3. The number of ether oxygens (including phenoxy) is 1. The van der Waals surface area contributed by atoms with Crippen molar-refractivity contribution in [1.29, 1.82) is 0 Å². The number of alkyl halides is 3. The van der Waals surface area contributed by atoms with Crippen molar-refractivity contribution in [1.82, 2.24) is 24.7 Å². The highest BCUT2D eigenvalue weighted by atomic mass is 19.4. The van der Waals surface area contributed by atoms with Crippen LogP contribution in [0.15, 0.2) is 12.1 Å². The van der Waals surface area contributed by atoms with Crippen molar-refractivity contribution >= 4 is 17.9 Å². The molecule has 44 heavy (non-hydrogen) atoms. The lowest BCUT2D eigenvalue weighted by Crippen LogP contribution is -2.46. The van der Waals surface area contributed by atoms with E-state index >= 15 is 0 Å². The molecule has 0 spiro atoms. The minimum atomic E-state index is -4.89. The Bertz CT molecular complexity index is 1420. The SMILES string of the molecule is CC(C)(C)OC(=O)N[C@@H](CC(=O)N1CCn2c(C(F)(F)F)nc(C(=O)N3CCC[C@H]3CO)c2C1)Cc1cc(F)c(F)cc1F. The van der Waals surface area contributed by atoms with E-state index in [1.165, 1.54) is 9.80 Å². The standard InChI is InChI=1S/C28H33F6N5O5/c1-27(2,3)44-26(43)35-16(9-15-10-19(30)20(31)12-18(15)29)11-22(41)37-7-8-39-21(13-37)23(36-25(39)28(32,33)34)24(42)38-6-4-5-17(38)14-40/h10,12,16-17,40H,4-9,11,13-14H2,1-3H3,(H,35,43)/t16-,17+/m1/s1. The molecule has 0 unspecified atom stereocenters. The van der Waals surface area contributed by atoms with Gasteiger partial charge >= 0.3 is 12.3 Å². The molecule has 10 nitrogen and oxygen atoms in total. The fraction of sp³-hybridized carbons (Fsp3) is 0.571. The van der Waals surface area contributed by atoms with Crippen molar-refractivity contribution in [2.24, 2.45) is 0 Å². The normalized spacial score (nSPS) is 17.8. The Kier molecular flexibility index (Phi) is 9.51. The molecule has 242 valence electrons. The van der Waals surface area contributed by atoms with Gasteiger partial charge < -0.3 is 29.5 Å². The van der Waals surface area contributed by atoms with Gasteiger partial charge in [0, 0.05) is 38.2 Å². The number of carbonyl (C=O) groups is 3. The van der Waals surface area contributed by atoms with Crippen LogP contribution in [0.4, 0.5) is 31.1 Å². The van der Waals surface area contributed by atoms with Gasteiger partial charge in [-0.1, -0.05) is 0 Å². The monoisotopic (exact) mass is 633 g/mol. The van der Waals surface area contributed by atoms with Crippen LogP contribution in [0.2, 0.25) is 0 Å². The van der Waals surface area contributed by atoms with Gasteiger partial charge in [0.15, 0.2) is 17.3 Å². The summed E-state index contributed by atoms with van der Waals surface area (Å²) >= 11 is 0. The third-order valence-corrected chi connectivity index (χ3v) is 7.36. The molecule has 0 aliphatic carbocycles. The summed E-state index contributed by atoms with van der Waals surface area (Å²) in [6.45, 7) is 3.61. The average Bonchev–Trinajstić information content (AvgIpc) is 3.54. The number of fused-ring (bicyclic) bond motifs is 1. The maximum atomic E-state index is 14.5. The van der Waals surface area contributed by atoms with Crippen LogP contribution in [0.25, 0.3) is 0 Å². The smallest absolute Gasteiger partial charge is 0.444 e. The van der Waals surface area contributed by atoms with E-state index in [-0.39, 0.29) is 37.5 Å². The lowest BCUT2D eigenvalue weighted by atomic mass is 10.0. The summed E-state index contributed by atoms with van der Waals surface area (Å²) in [4.78, 5) is 45.4. The fourth-order valence-electron chi connectivity index (χ4n) is 5.37. The number of hydrogen-bond donors (Lipinski definition) is 2. The van der Waals surface area contributed by atoms with Gasteiger partial charge in [-0.2, -0.15) is 13.2 Å². The van der Waals surface area contributed by atoms with Gasteiger partial charge in [0.05, 0.1) is 24.9 Å². The Morgan fingerprint density at radius 1 is 1.07 bits per heavy atom. The summed E-state index contributed by atoms with van der Waals surface area (Å²) in [6, 6.07) is -0.828. The minimum Gasteiger partial charge on any atom is -0.444 e. The lowest BCUT2D eigenvalue weighted by molar-refractivity contribution is -0.148. The van der Waals surface area contributed by atoms with Crippen LogP contribution in [-0.4, -0.2) is 79.7 Å². The van der Waals surface area contributed by atoms with E-state index in [0.29, 0.717) is 25.0 Å². The van der Waals surface area contributed by atoms with Crippen molar-refractivity contribution in [2.45, 2.75) is 83.4 Å². The molecule has 2 aliphatic rings. The summed E-state index contributed by atoms with van der Waals surface area (Å²) in [7, 11) is 0. The average molecular weight is 634 g/mol. The zero-order chi connectivity index (χ0) is 32.6. The molecule has 16 heteroatoms. The molecule has 2 N–H and O–H groups in total. The number of aromatic nitrogens is 2. The molecule has 3 heterocycles. The van der Waals surface area contributed by atoms with Crippen LogP contribution in [0.1, 0.15) is 67.6 Å². The van der Waals surface area contributed by atoms with E-state index in [1.54, 1.807) is 20.8 Å². The van der Waals surface area contributed by atoms with Crippen molar-refractivity contribution in [2.75, 3.05) is 19.7 Å². The topological polar surface area (TPSA) is 117 Å². The van der Waals surface area contributed by atoms with Crippen LogP contribution in [-0.2, 0) is 35.2 Å². The first kappa shape index (κ1) is 33.1. The molecule has 2 atom stereocenters. The molecule has 4 rings (SSSR count). The molecule has 3 amide bonds. The molecule has 1 fully saturated rings. The first-order valence-corrected chi connectivity index (χ1v) is 14.0. The molecule has 0 radical (unpaired) electrons. The minimum absolute atomic E-state index is 0.145. The molecule has 0 saturated carbocycles. The van der Waals surface area contributed by atoms with Crippen LogP contribution in [0, 0.1) is 17.5 Å². The second-order valence-corrected chi connectivity index (χ2v) is 11.8. The largest absolute Gasteiger partial charge is 0.449 e. The number of aliphatic hydroxyl groups is 1. The van der Waals surface area contributed by atoms with Crippen LogP contribution in [0.3, 0.4) is 0 Å². The Morgan fingerprint density at radius 2 is 1.75 bits per heavy atom. The molecule has 0 bridgehead atoms.